The van der Waals surface area contributed by atoms with Gasteiger partial charge < -0.3 is 13.3 Å². The molecule has 86 valence electrons. The molecule has 0 bridgehead atoms. The van der Waals surface area contributed by atoms with Crippen LogP contribution in [0.4, 0.5) is 0 Å². The summed E-state index contributed by atoms with van der Waals surface area (Å²) in [5, 5.41) is 0. The van der Waals surface area contributed by atoms with Crippen molar-refractivity contribution in [3.05, 3.63) is 0 Å². The maximum Gasteiger partial charge on any atom is 0.501 e. The largest absolute Gasteiger partial charge is 0.501 e. The number of thiol groups is 1. The zero-order valence-corrected chi connectivity index (χ0v) is 11.5. The maximum atomic E-state index is 5.72. The highest BCUT2D eigenvalue weighted by molar-refractivity contribution is 7.80. The van der Waals surface area contributed by atoms with Crippen LogP contribution in [-0.4, -0.2) is 27.5 Å². The van der Waals surface area contributed by atoms with Crippen molar-refractivity contribution >= 4 is 21.4 Å². The summed E-state index contributed by atoms with van der Waals surface area (Å²) in [5.41, 5.74) is -0.133. The summed E-state index contributed by atoms with van der Waals surface area (Å²) in [6.45, 7) is 9.18. The smallest absolute Gasteiger partial charge is 0.374 e. The number of hydrogen-bond acceptors (Lipinski definition) is 4. The molecule has 0 aliphatic heterocycles. The van der Waals surface area contributed by atoms with Crippen LogP contribution in [0.3, 0.4) is 0 Å². The fourth-order valence-corrected chi connectivity index (χ4v) is 4.44. The molecule has 0 spiro atoms. The van der Waals surface area contributed by atoms with Crippen LogP contribution in [0, 0.1) is 0 Å². The van der Waals surface area contributed by atoms with Crippen molar-refractivity contribution in [2.75, 3.05) is 13.2 Å². The molecule has 0 N–H and O–H groups in total. The van der Waals surface area contributed by atoms with Gasteiger partial charge in [-0.2, -0.15) is 0 Å². The summed E-state index contributed by atoms with van der Waals surface area (Å²) >= 11 is 4.22. The molecule has 0 aromatic carbocycles. The third-order valence-electron chi connectivity index (χ3n) is 1.63. The van der Waals surface area contributed by atoms with E-state index in [0.29, 0.717) is 13.2 Å². The highest BCUT2D eigenvalue weighted by Crippen LogP contribution is 2.20. The van der Waals surface area contributed by atoms with Gasteiger partial charge in [0, 0.05) is 19.3 Å². The molecule has 1 unspecified atom stereocenters. The van der Waals surface area contributed by atoms with E-state index >= 15 is 0 Å². The van der Waals surface area contributed by atoms with Gasteiger partial charge in [-0.25, -0.2) is 0 Å². The summed E-state index contributed by atoms with van der Waals surface area (Å²) < 4.78 is 17.1. The molecule has 0 aromatic heterocycles. The first-order chi connectivity index (χ1) is 6.60. The summed E-state index contributed by atoms with van der Waals surface area (Å²) in [7, 11) is -2.43. The summed E-state index contributed by atoms with van der Waals surface area (Å²) in [5.74, 6) is 0. The van der Waals surface area contributed by atoms with Gasteiger partial charge in [0.2, 0.25) is 0 Å². The van der Waals surface area contributed by atoms with Crippen LogP contribution < -0.4 is 0 Å². The molecule has 0 amide bonds. The highest BCUT2D eigenvalue weighted by Gasteiger charge is 2.40. The van der Waals surface area contributed by atoms with Crippen molar-refractivity contribution in [3.8, 4) is 0 Å². The van der Waals surface area contributed by atoms with Crippen LogP contribution in [-0.2, 0) is 13.3 Å². The average Bonchev–Trinajstić information content (AvgIpc) is 2.03. The van der Waals surface area contributed by atoms with E-state index in [4.69, 9.17) is 13.3 Å². The lowest BCUT2D eigenvalue weighted by Gasteiger charge is -2.30. The van der Waals surface area contributed by atoms with Crippen LogP contribution in [0.15, 0.2) is 0 Å². The minimum absolute atomic E-state index is 0.133. The van der Waals surface area contributed by atoms with Gasteiger partial charge in [0.05, 0.1) is 5.44 Å². The van der Waals surface area contributed by atoms with Crippen LogP contribution in [0.2, 0.25) is 6.04 Å². The second kappa shape index (κ2) is 7.70. The Morgan fingerprint density at radius 3 is 1.93 bits per heavy atom. The molecule has 1 atom stereocenters. The van der Waals surface area contributed by atoms with Gasteiger partial charge in [0.1, 0.15) is 0 Å². The number of rotatable bonds is 8. The molecule has 0 rings (SSSR count). The fraction of sp³-hybridized carbons (Fsp3) is 1.00. The number of hydrogen-bond donors (Lipinski definition) is 1. The Labute approximate surface area is 93.9 Å². The Morgan fingerprint density at radius 2 is 1.64 bits per heavy atom. The molecule has 0 saturated carbocycles. The Bertz CT molecular complexity index is 127. The van der Waals surface area contributed by atoms with Crippen molar-refractivity contribution < 1.29 is 13.3 Å². The topological polar surface area (TPSA) is 27.7 Å². The predicted octanol–water partition coefficient (Wildman–Crippen LogP) is 2.70. The fourth-order valence-electron chi connectivity index (χ4n) is 1.32. The van der Waals surface area contributed by atoms with Crippen molar-refractivity contribution in [2.24, 2.45) is 0 Å². The summed E-state index contributed by atoms with van der Waals surface area (Å²) in [6, 6.07) is 0.861. The SMILES string of the molecule is CCC[Si](OCC)(OCC)OC(C)S. The normalized spacial score (nSPS) is 14.4. The van der Waals surface area contributed by atoms with Crippen LogP contribution in [0.5, 0.6) is 0 Å². The molecule has 5 heteroatoms. The highest BCUT2D eigenvalue weighted by atomic mass is 32.1. The van der Waals surface area contributed by atoms with Gasteiger partial charge in [-0.3, -0.25) is 0 Å². The van der Waals surface area contributed by atoms with Crippen molar-refractivity contribution in [3.63, 3.8) is 0 Å². The van der Waals surface area contributed by atoms with Crippen molar-refractivity contribution in [2.45, 2.75) is 45.6 Å². The van der Waals surface area contributed by atoms with Crippen LogP contribution in [0.1, 0.15) is 34.1 Å². The minimum Gasteiger partial charge on any atom is -0.374 e. The first-order valence-corrected chi connectivity index (χ1v) is 7.68. The predicted molar refractivity (Wildman–Crippen MR) is 63.6 cm³/mol. The molecule has 3 nitrogen and oxygen atoms in total. The molecule has 14 heavy (non-hydrogen) atoms. The van der Waals surface area contributed by atoms with Crippen LogP contribution >= 0.6 is 12.6 Å². The Morgan fingerprint density at radius 1 is 1.14 bits per heavy atom. The zero-order chi connectivity index (χ0) is 11.0. The van der Waals surface area contributed by atoms with Gasteiger partial charge in [-0.05, 0) is 20.8 Å². The summed E-state index contributed by atoms with van der Waals surface area (Å²) in [4.78, 5) is 0. The van der Waals surface area contributed by atoms with Crippen LogP contribution in [0.25, 0.3) is 0 Å². The lowest BCUT2D eigenvalue weighted by molar-refractivity contribution is 0.0631. The third-order valence-corrected chi connectivity index (χ3v) is 5.22. The van der Waals surface area contributed by atoms with Crippen molar-refractivity contribution in [1.82, 2.24) is 0 Å². The maximum absolute atomic E-state index is 5.72. The standard InChI is InChI=1S/C9H22O3SSi/c1-5-8-14(10-6-2,11-7-3)12-9(4)13/h9,13H,5-8H2,1-4H3. The van der Waals surface area contributed by atoms with E-state index in [0.717, 1.165) is 12.5 Å². The van der Waals surface area contributed by atoms with Crippen molar-refractivity contribution in [1.29, 1.82) is 0 Å². The lowest BCUT2D eigenvalue weighted by Crippen LogP contribution is -2.47. The Hall–Kier alpha value is 0.447. The quantitative estimate of drug-likeness (QED) is 0.400. The molecular weight excluding hydrogens is 216 g/mol. The molecule has 0 saturated heterocycles. The minimum atomic E-state index is -2.43. The third kappa shape index (κ3) is 5.36. The van der Waals surface area contributed by atoms with E-state index in [2.05, 4.69) is 19.6 Å². The first kappa shape index (κ1) is 14.4. The van der Waals surface area contributed by atoms with E-state index in [9.17, 15) is 0 Å². The molecule has 0 aromatic rings. The first-order valence-electron chi connectivity index (χ1n) is 5.24. The average molecular weight is 238 g/mol. The Balaban J connectivity index is 4.37. The van der Waals surface area contributed by atoms with Gasteiger partial charge >= 0.3 is 8.80 Å². The van der Waals surface area contributed by atoms with E-state index in [1.165, 1.54) is 0 Å². The lowest BCUT2D eigenvalue weighted by atomic mass is 10.6. The summed E-state index contributed by atoms with van der Waals surface area (Å²) in [6.07, 6.45) is 1.01. The molecule has 0 heterocycles. The second-order valence-corrected chi connectivity index (χ2v) is 6.42. The van der Waals surface area contributed by atoms with Gasteiger partial charge in [0.15, 0.2) is 0 Å². The second-order valence-electron chi connectivity index (χ2n) is 3.02. The van der Waals surface area contributed by atoms with Gasteiger partial charge in [0.25, 0.3) is 0 Å². The van der Waals surface area contributed by atoms with Gasteiger partial charge in [-0.1, -0.05) is 13.3 Å². The van der Waals surface area contributed by atoms with Gasteiger partial charge in [-0.15, -0.1) is 12.6 Å². The van der Waals surface area contributed by atoms with E-state index in [1.807, 2.05) is 20.8 Å². The molecule has 0 aliphatic carbocycles. The van der Waals surface area contributed by atoms with E-state index in [-0.39, 0.29) is 5.44 Å². The molecular formula is C9H22O3SSi. The van der Waals surface area contributed by atoms with E-state index < -0.39 is 8.80 Å². The monoisotopic (exact) mass is 238 g/mol. The van der Waals surface area contributed by atoms with E-state index in [1.54, 1.807) is 0 Å². The zero-order valence-electron chi connectivity index (χ0n) is 9.58. The Kier molecular flexibility index (Phi) is 7.95. The molecule has 0 fully saturated rings. The molecule has 0 radical (unpaired) electrons. The molecule has 0 aliphatic rings.